The molecule has 0 bridgehead atoms. The minimum atomic E-state index is -1.21. The molecule has 1 heterocycles. The smallest absolute Gasteiger partial charge is 0.341 e. The van der Waals surface area contributed by atoms with E-state index in [1.807, 2.05) is 6.92 Å². The first-order valence-electron chi connectivity index (χ1n) is 5.20. The molecule has 1 aromatic carbocycles. The summed E-state index contributed by atoms with van der Waals surface area (Å²) in [6.45, 7) is 2.44. The third-order valence-electron chi connectivity index (χ3n) is 2.68. The minimum absolute atomic E-state index is 0.218. The molecule has 1 aromatic heterocycles. The maximum absolute atomic E-state index is 11.9. The molecule has 0 aliphatic rings. The molecule has 0 atom stereocenters. The van der Waals surface area contributed by atoms with Crippen molar-refractivity contribution in [1.29, 1.82) is 0 Å². The van der Waals surface area contributed by atoms with Crippen LogP contribution in [0.1, 0.15) is 17.3 Å². The topological polar surface area (TPSA) is 85.3 Å². The first-order chi connectivity index (χ1) is 8.04. The first kappa shape index (κ1) is 11.2. The van der Waals surface area contributed by atoms with Crippen molar-refractivity contribution in [3.8, 4) is 0 Å². The van der Waals surface area contributed by atoms with E-state index in [1.165, 1.54) is 6.20 Å². The number of aromatic carboxylic acids is 1. The number of nitrogen functional groups attached to an aromatic ring is 1. The van der Waals surface area contributed by atoms with Crippen molar-refractivity contribution in [3.05, 3.63) is 40.2 Å². The SMILES string of the molecule is CCn1cc(C(=O)O)c(=O)c2ccc(N)cc21. The van der Waals surface area contributed by atoms with Crippen molar-refractivity contribution in [1.82, 2.24) is 4.57 Å². The number of hydrogen-bond acceptors (Lipinski definition) is 3. The van der Waals surface area contributed by atoms with Crippen LogP contribution >= 0.6 is 0 Å². The van der Waals surface area contributed by atoms with Gasteiger partial charge in [0.15, 0.2) is 0 Å². The van der Waals surface area contributed by atoms with Crippen LogP contribution in [0.3, 0.4) is 0 Å². The van der Waals surface area contributed by atoms with Crippen LogP contribution in [-0.4, -0.2) is 15.6 Å². The highest BCUT2D eigenvalue weighted by atomic mass is 16.4. The molecule has 2 aromatic rings. The molecule has 17 heavy (non-hydrogen) atoms. The number of hydrogen-bond donors (Lipinski definition) is 2. The Hall–Kier alpha value is -2.30. The zero-order valence-electron chi connectivity index (χ0n) is 9.30. The number of aryl methyl sites for hydroxylation is 1. The number of nitrogens with zero attached hydrogens (tertiary/aromatic N) is 1. The van der Waals surface area contributed by atoms with Gasteiger partial charge >= 0.3 is 5.97 Å². The monoisotopic (exact) mass is 232 g/mol. The number of carbonyl (C=O) groups is 1. The first-order valence-corrected chi connectivity index (χ1v) is 5.20. The molecular weight excluding hydrogens is 220 g/mol. The number of fused-ring (bicyclic) bond motifs is 1. The molecule has 0 amide bonds. The van der Waals surface area contributed by atoms with Gasteiger partial charge in [-0.05, 0) is 25.1 Å². The Labute approximate surface area is 97.1 Å². The summed E-state index contributed by atoms with van der Waals surface area (Å²) in [7, 11) is 0. The number of aromatic nitrogens is 1. The highest BCUT2D eigenvalue weighted by molar-refractivity contribution is 5.93. The van der Waals surface area contributed by atoms with Crippen LogP contribution in [0.5, 0.6) is 0 Å². The van der Waals surface area contributed by atoms with Crippen LogP contribution < -0.4 is 11.2 Å². The van der Waals surface area contributed by atoms with Gasteiger partial charge in [-0.25, -0.2) is 4.79 Å². The Balaban J connectivity index is 2.95. The summed E-state index contributed by atoms with van der Waals surface area (Å²) in [5.74, 6) is -1.21. The zero-order valence-corrected chi connectivity index (χ0v) is 9.30. The number of pyridine rings is 1. The number of carboxylic acids is 1. The van der Waals surface area contributed by atoms with Gasteiger partial charge in [0.2, 0.25) is 5.43 Å². The minimum Gasteiger partial charge on any atom is -0.477 e. The molecule has 0 unspecified atom stereocenters. The third-order valence-corrected chi connectivity index (χ3v) is 2.68. The van der Waals surface area contributed by atoms with E-state index in [-0.39, 0.29) is 5.56 Å². The summed E-state index contributed by atoms with van der Waals surface area (Å²) >= 11 is 0. The Bertz CT molecular complexity index is 659. The van der Waals surface area contributed by atoms with Crippen molar-refractivity contribution < 1.29 is 9.90 Å². The van der Waals surface area contributed by atoms with E-state index < -0.39 is 11.4 Å². The normalized spacial score (nSPS) is 10.6. The van der Waals surface area contributed by atoms with Gasteiger partial charge in [-0.15, -0.1) is 0 Å². The van der Waals surface area contributed by atoms with Crippen LogP contribution in [0.4, 0.5) is 5.69 Å². The second-order valence-corrected chi connectivity index (χ2v) is 3.74. The molecule has 0 saturated heterocycles. The molecule has 0 fully saturated rings. The molecule has 5 heteroatoms. The number of nitrogens with two attached hydrogens (primary N) is 1. The molecule has 5 nitrogen and oxygen atoms in total. The van der Waals surface area contributed by atoms with Crippen molar-refractivity contribution in [2.45, 2.75) is 13.5 Å². The Morgan fingerprint density at radius 2 is 2.18 bits per heavy atom. The van der Waals surface area contributed by atoms with Crippen molar-refractivity contribution in [2.24, 2.45) is 0 Å². The summed E-state index contributed by atoms with van der Waals surface area (Å²) in [6, 6.07) is 4.83. The van der Waals surface area contributed by atoms with Gasteiger partial charge in [-0.3, -0.25) is 4.79 Å². The molecule has 0 aliphatic carbocycles. The maximum Gasteiger partial charge on any atom is 0.341 e. The Morgan fingerprint density at radius 3 is 2.76 bits per heavy atom. The number of rotatable bonds is 2. The Kier molecular flexibility index (Phi) is 2.59. The largest absolute Gasteiger partial charge is 0.477 e. The predicted octanol–water partition coefficient (Wildman–Crippen LogP) is 1.30. The fraction of sp³-hybridized carbons (Fsp3) is 0.167. The van der Waals surface area contributed by atoms with Gasteiger partial charge < -0.3 is 15.4 Å². The molecule has 0 aliphatic heterocycles. The molecule has 2 rings (SSSR count). The quantitative estimate of drug-likeness (QED) is 0.764. The molecular formula is C12H12N2O3. The van der Waals surface area contributed by atoms with E-state index in [4.69, 9.17) is 10.8 Å². The summed E-state index contributed by atoms with van der Waals surface area (Å²) in [6.07, 6.45) is 1.35. The average Bonchev–Trinajstić information content (AvgIpc) is 2.29. The lowest BCUT2D eigenvalue weighted by molar-refractivity contribution is 0.0695. The van der Waals surface area contributed by atoms with Gasteiger partial charge in [0.25, 0.3) is 0 Å². The lowest BCUT2D eigenvalue weighted by Crippen LogP contribution is -2.18. The van der Waals surface area contributed by atoms with Crippen LogP contribution in [0.25, 0.3) is 10.9 Å². The van der Waals surface area contributed by atoms with Crippen molar-refractivity contribution >= 4 is 22.6 Å². The number of anilines is 1. The second kappa shape index (κ2) is 3.93. The average molecular weight is 232 g/mol. The van der Waals surface area contributed by atoms with E-state index in [1.54, 1.807) is 22.8 Å². The summed E-state index contributed by atoms with van der Waals surface area (Å²) < 4.78 is 1.70. The van der Waals surface area contributed by atoms with Gasteiger partial charge in [0.05, 0.1) is 5.52 Å². The van der Waals surface area contributed by atoms with E-state index in [9.17, 15) is 9.59 Å². The molecule has 88 valence electrons. The fourth-order valence-corrected chi connectivity index (χ4v) is 1.82. The lowest BCUT2D eigenvalue weighted by Gasteiger charge is -2.10. The third kappa shape index (κ3) is 1.75. The van der Waals surface area contributed by atoms with E-state index in [0.717, 1.165) is 0 Å². The zero-order chi connectivity index (χ0) is 12.6. The van der Waals surface area contributed by atoms with Crippen LogP contribution in [0.2, 0.25) is 0 Å². The molecule has 0 spiro atoms. The maximum atomic E-state index is 11.9. The van der Waals surface area contributed by atoms with Crippen LogP contribution in [-0.2, 0) is 6.54 Å². The fourth-order valence-electron chi connectivity index (χ4n) is 1.82. The van der Waals surface area contributed by atoms with E-state index in [2.05, 4.69) is 0 Å². The highest BCUT2D eigenvalue weighted by Gasteiger charge is 2.13. The van der Waals surface area contributed by atoms with Crippen LogP contribution in [0.15, 0.2) is 29.2 Å². The second-order valence-electron chi connectivity index (χ2n) is 3.74. The van der Waals surface area contributed by atoms with Crippen molar-refractivity contribution in [2.75, 3.05) is 5.73 Å². The van der Waals surface area contributed by atoms with Gasteiger partial charge in [-0.1, -0.05) is 0 Å². The van der Waals surface area contributed by atoms with Crippen LogP contribution in [0, 0.1) is 0 Å². The summed E-state index contributed by atoms with van der Waals surface area (Å²) in [4.78, 5) is 22.9. The molecule has 3 N–H and O–H groups in total. The number of benzene rings is 1. The molecule has 0 radical (unpaired) electrons. The molecule has 0 saturated carbocycles. The van der Waals surface area contributed by atoms with Gasteiger partial charge in [0, 0.05) is 23.8 Å². The van der Waals surface area contributed by atoms with Gasteiger partial charge in [0.1, 0.15) is 5.56 Å². The van der Waals surface area contributed by atoms with Gasteiger partial charge in [-0.2, -0.15) is 0 Å². The van der Waals surface area contributed by atoms with Crippen molar-refractivity contribution in [3.63, 3.8) is 0 Å². The number of carboxylic acid groups (broad SMARTS) is 1. The lowest BCUT2D eigenvalue weighted by atomic mass is 10.1. The summed E-state index contributed by atoms with van der Waals surface area (Å²) in [5.41, 5.74) is 6.17. The highest BCUT2D eigenvalue weighted by Crippen LogP contribution is 2.15. The van der Waals surface area contributed by atoms with E-state index in [0.29, 0.717) is 23.1 Å². The van der Waals surface area contributed by atoms with E-state index >= 15 is 0 Å². The predicted molar refractivity (Wildman–Crippen MR) is 65.3 cm³/mol. The Morgan fingerprint density at radius 1 is 1.47 bits per heavy atom. The standard InChI is InChI=1S/C12H12N2O3/c1-2-14-6-9(12(16)17)11(15)8-4-3-7(13)5-10(8)14/h3-6H,2,13H2,1H3,(H,16,17). The summed E-state index contributed by atoms with van der Waals surface area (Å²) in [5, 5.41) is 9.34.